The molecule has 0 aliphatic rings. The van der Waals surface area contributed by atoms with Crippen LogP contribution in [0.15, 0.2) is 12.1 Å². The van der Waals surface area contributed by atoms with E-state index in [0.717, 1.165) is 0 Å². The summed E-state index contributed by atoms with van der Waals surface area (Å²) in [6, 6.07) is 2.61. The van der Waals surface area contributed by atoms with Crippen molar-refractivity contribution in [3.8, 4) is 11.5 Å². The number of aromatic carboxylic acids is 1. The first kappa shape index (κ1) is 15.8. The molecule has 0 heterocycles. The minimum absolute atomic E-state index is 0.0250. The molecule has 1 aromatic carbocycles. The van der Waals surface area contributed by atoms with Gasteiger partial charge in [-0.05, 0) is 19.1 Å². The summed E-state index contributed by atoms with van der Waals surface area (Å²) in [5.74, 6) is -1.10. The molecule has 0 radical (unpaired) electrons. The van der Waals surface area contributed by atoms with Gasteiger partial charge in [-0.15, -0.1) is 0 Å². The highest BCUT2D eigenvalue weighted by Crippen LogP contribution is 2.36. The van der Waals surface area contributed by atoms with Crippen molar-refractivity contribution in [1.82, 2.24) is 0 Å². The number of benzene rings is 1. The number of nitrogens with one attached hydrogen (secondary N) is 1. The van der Waals surface area contributed by atoms with Gasteiger partial charge in [0.15, 0.2) is 11.5 Å². The Morgan fingerprint density at radius 3 is 2.30 bits per heavy atom. The fourth-order valence-corrected chi connectivity index (χ4v) is 1.52. The van der Waals surface area contributed by atoms with Crippen LogP contribution in [-0.4, -0.2) is 44.4 Å². The highest BCUT2D eigenvalue weighted by Gasteiger charge is 2.19. The minimum Gasteiger partial charge on any atom is -0.493 e. The molecule has 2 N–H and O–H groups in total. The third-order valence-corrected chi connectivity index (χ3v) is 2.71. The Labute approximate surface area is 116 Å². The van der Waals surface area contributed by atoms with E-state index in [0.29, 0.717) is 0 Å². The van der Waals surface area contributed by atoms with Crippen molar-refractivity contribution in [2.75, 3.05) is 26.6 Å². The fourth-order valence-electron chi connectivity index (χ4n) is 1.52. The normalized spacial score (nSPS) is 11.6. The summed E-state index contributed by atoms with van der Waals surface area (Å²) in [5, 5.41) is 11.6. The molecule has 0 fully saturated rings. The van der Waals surface area contributed by atoms with Gasteiger partial charge in [-0.1, -0.05) is 0 Å². The predicted octanol–water partition coefficient (Wildman–Crippen LogP) is 1.38. The zero-order chi connectivity index (χ0) is 15.3. The molecule has 0 saturated heterocycles. The van der Waals surface area contributed by atoms with Crippen LogP contribution in [0, 0.1) is 0 Å². The van der Waals surface area contributed by atoms with Crippen LogP contribution in [0.1, 0.15) is 17.3 Å². The third-order valence-electron chi connectivity index (χ3n) is 2.71. The molecular weight excluding hydrogens is 266 g/mol. The summed E-state index contributed by atoms with van der Waals surface area (Å²) in [6.07, 6.45) is -0.681. The van der Waals surface area contributed by atoms with Gasteiger partial charge in [0.05, 0.1) is 25.5 Å². The zero-order valence-corrected chi connectivity index (χ0v) is 11.7. The van der Waals surface area contributed by atoms with Gasteiger partial charge in [0.25, 0.3) is 5.91 Å². The molecule has 0 saturated carbocycles. The molecule has 110 valence electrons. The second-order valence-electron chi connectivity index (χ2n) is 3.93. The molecule has 1 unspecified atom stereocenters. The number of carbonyl (C=O) groups is 2. The largest absolute Gasteiger partial charge is 0.493 e. The summed E-state index contributed by atoms with van der Waals surface area (Å²) in [4.78, 5) is 22.9. The van der Waals surface area contributed by atoms with Crippen LogP contribution < -0.4 is 14.8 Å². The number of amides is 1. The zero-order valence-electron chi connectivity index (χ0n) is 11.7. The SMILES string of the molecule is COc1cc(C(=O)O)cc(NC(=O)C(C)OC)c1OC. The van der Waals surface area contributed by atoms with E-state index in [4.69, 9.17) is 19.3 Å². The van der Waals surface area contributed by atoms with E-state index in [1.165, 1.54) is 33.5 Å². The van der Waals surface area contributed by atoms with Crippen LogP contribution >= 0.6 is 0 Å². The molecule has 1 atom stereocenters. The lowest BCUT2D eigenvalue weighted by molar-refractivity contribution is -0.124. The van der Waals surface area contributed by atoms with Crippen LogP contribution in [0.25, 0.3) is 0 Å². The number of hydrogen-bond acceptors (Lipinski definition) is 5. The van der Waals surface area contributed by atoms with E-state index in [9.17, 15) is 9.59 Å². The maximum absolute atomic E-state index is 11.8. The Hall–Kier alpha value is -2.28. The van der Waals surface area contributed by atoms with Crippen LogP contribution in [0.2, 0.25) is 0 Å². The van der Waals surface area contributed by atoms with Gasteiger partial charge in [0, 0.05) is 7.11 Å². The third kappa shape index (κ3) is 3.39. The van der Waals surface area contributed by atoms with Crippen LogP contribution in [-0.2, 0) is 9.53 Å². The average molecular weight is 283 g/mol. The Bertz CT molecular complexity index is 514. The van der Waals surface area contributed by atoms with Crippen molar-refractivity contribution in [1.29, 1.82) is 0 Å². The quantitative estimate of drug-likeness (QED) is 0.819. The second kappa shape index (κ2) is 6.76. The van der Waals surface area contributed by atoms with Crippen molar-refractivity contribution in [3.63, 3.8) is 0 Å². The molecule has 0 aromatic heterocycles. The maximum atomic E-state index is 11.8. The number of methoxy groups -OCH3 is 3. The van der Waals surface area contributed by atoms with Crippen LogP contribution in [0.5, 0.6) is 11.5 Å². The standard InChI is InChI=1S/C13H17NO6/c1-7(18-2)12(15)14-9-5-8(13(16)17)6-10(19-3)11(9)20-4/h5-7H,1-4H3,(H,14,15)(H,16,17). The molecule has 0 bridgehead atoms. The predicted molar refractivity (Wildman–Crippen MR) is 71.6 cm³/mol. The number of rotatable bonds is 6. The van der Waals surface area contributed by atoms with Crippen molar-refractivity contribution in [2.24, 2.45) is 0 Å². The molecule has 0 spiro atoms. The van der Waals surface area contributed by atoms with Crippen molar-refractivity contribution in [2.45, 2.75) is 13.0 Å². The molecule has 0 aliphatic heterocycles. The Morgan fingerprint density at radius 2 is 1.85 bits per heavy atom. The second-order valence-corrected chi connectivity index (χ2v) is 3.93. The van der Waals surface area contributed by atoms with Gasteiger partial charge < -0.3 is 24.6 Å². The van der Waals surface area contributed by atoms with E-state index < -0.39 is 18.0 Å². The molecule has 7 heteroatoms. The fraction of sp³-hybridized carbons (Fsp3) is 0.385. The lowest BCUT2D eigenvalue weighted by Crippen LogP contribution is -2.26. The highest BCUT2D eigenvalue weighted by atomic mass is 16.5. The molecule has 1 amide bonds. The number of carbonyl (C=O) groups excluding carboxylic acids is 1. The monoisotopic (exact) mass is 283 g/mol. The Morgan fingerprint density at radius 1 is 1.20 bits per heavy atom. The van der Waals surface area contributed by atoms with Gasteiger partial charge in [-0.3, -0.25) is 4.79 Å². The number of anilines is 1. The molecule has 0 aliphatic carbocycles. The number of carboxylic acid groups (broad SMARTS) is 1. The topological polar surface area (TPSA) is 94.1 Å². The maximum Gasteiger partial charge on any atom is 0.335 e. The summed E-state index contributed by atoms with van der Waals surface area (Å²) in [6.45, 7) is 1.57. The van der Waals surface area contributed by atoms with Gasteiger partial charge >= 0.3 is 5.97 Å². The van der Waals surface area contributed by atoms with Crippen molar-refractivity contribution in [3.05, 3.63) is 17.7 Å². The number of carboxylic acids is 1. The smallest absolute Gasteiger partial charge is 0.335 e. The van der Waals surface area contributed by atoms with Gasteiger partial charge in [0.2, 0.25) is 0 Å². The van der Waals surface area contributed by atoms with Crippen molar-refractivity contribution < 1.29 is 28.9 Å². The van der Waals surface area contributed by atoms with E-state index in [-0.39, 0.29) is 22.7 Å². The molecule has 7 nitrogen and oxygen atoms in total. The Kier molecular flexibility index (Phi) is 5.33. The summed E-state index contributed by atoms with van der Waals surface area (Å²) >= 11 is 0. The van der Waals surface area contributed by atoms with E-state index in [2.05, 4.69) is 5.32 Å². The Balaban J connectivity index is 3.24. The van der Waals surface area contributed by atoms with Gasteiger partial charge in [-0.2, -0.15) is 0 Å². The van der Waals surface area contributed by atoms with Gasteiger partial charge in [0.1, 0.15) is 6.10 Å². The summed E-state index contributed by atoms with van der Waals surface area (Å²) in [7, 11) is 4.18. The van der Waals surface area contributed by atoms with Crippen LogP contribution in [0.3, 0.4) is 0 Å². The van der Waals surface area contributed by atoms with E-state index in [1.54, 1.807) is 6.92 Å². The number of hydrogen-bond donors (Lipinski definition) is 2. The van der Waals surface area contributed by atoms with Crippen LogP contribution in [0.4, 0.5) is 5.69 Å². The summed E-state index contributed by atoms with van der Waals surface area (Å²) in [5.41, 5.74) is 0.182. The van der Waals surface area contributed by atoms with Gasteiger partial charge in [-0.25, -0.2) is 4.79 Å². The van der Waals surface area contributed by atoms with E-state index in [1.807, 2.05) is 0 Å². The van der Waals surface area contributed by atoms with E-state index >= 15 is 0 Å². The van der Waals surface area contributed by atoms with Crippen molar-refractivity contribution >= 4 is 17.6 Å². The highest BCUT2D eigenvalue weighted by molar-refractivity contribution is 5.98. The summed E-state index contributed by atoms with van der Waals surface area (Å²) < 4.78 is 15.1. The lowest BCUT2D eigenvalue weighted by atomic mass is 10.1. The number of ether oxygens (including phenoxy) is 3. The first-order valence-corrected chi connectivity index (χ1v) is 5.77. The molecule has 1 rings (SSSR count). The first-order valence-electron chi connectivity index (χ1n) is 5.77. The molecule has 1 aromatic rings. The lowest BCUT2D eigenvalue weighted by Gasteiger charge is -2.16. The first-order chi connectivity index (χ1) is 9.44. The minimum atomic E-state index is -1.14. The molecular formula is C13H17NO6. The molecule has 20 heavy (non-hydrogen) atoms. The average Bonchev–Trinajstić information content (AvgIpc) is 2.44.